The molecule has 0 N–H and O–H groups in total. The normalized spacial score (nSPS) is 15.9. The molecule has 3 aromatic carbocycles. The SMILES string of the molecule is CCc1cccc(CC2N=C(c3ccc(F)cc3)c3cc(Cl)ccc3N(C)C2=O)c1CC. The number of fused-ring (bicyclic) bond motifs is 1. The quantitative estimate of drug-likeness (QED) is 0.469. The maximum Gasteiger partial charge on any atom is 0.251 e. The molecule has 3 aromatic rings. The Labute approximate surface area is 193 Å². The molecule has 0 saturated carbocycles. The van der Waals surface area contributed by atoms with Crippen LogP contribution in [-0.4, -0.2) is 24.7 Å². The Morgan fingerprint density at radius 2 is 1.72 bits per heavy atom. The van der Waals surface area contributed by atoms with Crippen LogP contribution in [0.4, 0.5) is 10.1 Å². The summed E-state index contributed by atoms with van der Waals surface area (Å²) in [5.41, 5.74) is 6.63. The summed E-state index contributed by atoms with van der Waals surface area (Å²) < 4.78 is 13.6. The Bertz CT molecular complexity index is 1190. The van der Waals surface area contributed by atoms with Gasteiger partial charge in [0.15, 0.2) is 0 Å². The zero-order chi connectivity index (χ0) is 22.8. The van der Waals surface area contributed by atoms with E-state index in [1.54, 1.807) is 30.1 Å². The fraction of sp³-hybridized carbons (Fsp3) is 0.259. The van der Waals surface area contributed by atoms with Gasteiger partial charge >= 0.3 is 0 Å². The predicted octanol–water partition coefficient (Wildman–Crippen LogP) is 6.03. The van der Waals surface area contributed by atoms with Crippen LogP contribution in [0.15, 0.2) is 65.7 Å². The second-order valence-electron chi connectivity index (χ2n) is 8.03. The Balaban J connectivity index is 1.87. The van der Waals surface area contributed by atoms with E-state index >= 15 is 0 Å². The number of halogens is 2. The molecule has 1 aliphatic heterocycles. The molecule has 0 spiro atoms. The molecule has 5 heteroatoms. The van der Waals surface area contributed by atoms with Crippen LogP contribution in [0.1, 0.15) is 41.7 Å². The van der Waals surface area contributed by atoms with E-state index in [1.165, 1.54) is 23.3 Å². The number of hydrogen-bond acceptors (Lipinski definition) is 2. The first-order valence-electron chi connectivity index (χ1n) is 10.9. The predicted molar refractivity (Wildman–Crippen MR) is 130 cm³/mol. The monoisotopic (exact) mass is 448 g/mol. The van der Waals surface area contributed by atoms with Crippen LogP contribution in [0.25, 0.3) is 0 Å². The number of aliphatic imine (C=N–C) groups is 1. The molecule has 1 unspecified atom stereocenters. The number of aryl methyl sites for hydroxylation is 1. The number of rotatable bonds is 5. The zero-order valence-electron chi connectivity index (χ0n) is 18.5. The lowest BCUT2D eigenvalue weighted by molar-refractivity contribution is -0.119. The van der Waals surface area contributed by atoms with Gasteiger partial charge in [-0.3, -0.25) is 9.79 Å². The average molecular weight is 449 g/mol. The molecule has 1 aliphatic rings. The molecule has 0 bridgehead atoms. The number of nitrogens with zero attached hydrogens (tertiary/aromatic N) is 2. The molecule has 0 radical (unpaired) electrons. The average Bonchev–Trinajstić information content (AvgIpc) is 2.90. The molecular formula is C27H26ClFN2O. The van der Waals surface area contributed by atoms with Crippen LogP contribution in [0, 0.1) is 5.82 Å². The number of benzene rings is 3. The third-order valence-electron chi connectivity index (χ3n) is 6.11. The lowest BCUT2D eigenvalue weighted by atomic mass is 9.93. The van der Waals surface area contributed by atoms with Crippen molar-refractivity contribution in [1.82, 2.24) is 0 Å². The van der Waals surface area contributed by atoms with E-state index in [4.69, 9.17) is 16.6 Å². The maximum atomic E-state index is 13.6. The Kier molecular flexibility index (Phi) is 6.43. The second kappa shape index (κ2) is 9.25. The van der Waals surface area contributed by atoms with Crippen molar-refractivity contribution in [2.24, 2.45) is 4.99 Å². The van der Waals surface area contributed by atoms with Crippen LogP contribution in [0.3, 0.4) is 0 Å². The molecule has 0 aliphatic carbocycles. The van der Waals surface area contributed by atoms with E-state index < -0.39 is 6.04 Å². The maximum absolute atomic E-state index is 13.6. The molecule has 1 atom stereocenters. The highest BCUT2D eigenvalue weighted by molar-refractivity contribution is 6.32. The van der Waals surface area contributed by atoms with E-state index in [-0.39, 0.29) is 11.7 Å². The van der Waals surface area contributed by atoms with Crippen LogP contribution in [-0.2, 0) is 24.1 Å². The van der Waals surface area contributed by atoms with Crippen molar-refractivity contribution in [1.29, 1.82) is 0 Å². The third kappa shape index (κ3) is 4.20. The van der Waals surface area contributed by atoms with Crippen molar-refractivity contribution in [2.75, 3.05) is 11.9 Å². The lowest BCUT2D eigenvalue weighted by Crippen LogP contribution is -2.36. The minimum atomic E-state index is -0.594. The molecule has 32 heavy (non-hydrogen) atoms. The first-order valence-corrected chi connectivity index (χ1v) is 11.3. The molecule has 0 aromatic heterocycles. The highest BCUT2D eigenvalue weighted by atomic mass is 35.5. The van der Waals surface area contributed by atoms with Crippen molar-refractivity contribution < 1.29 is 9.18 Å². The first kappa shape index (κ1) is 22.2. The fourth-order valence-electron chi connectivity index (χ4n) is 4.46. The molecule has 4 rings (SSSR count). The van der Waals surface area contributed by atoms with Gasteiger partial charge in [0.2, 0.25) is 0 Å². The number of amides is 1. The minimum absolute atomic E-state index is 0.0744. The van der Waals surface area contributed by atoms with Gasteiger partial charge in [0, 0.05) is 29.6 Å². The molecule has 1 heterocycles. The first-order chi connectivity index (χ1) is 15.4. The van der Waals surface area contributed by atoms with E-state index in [9.17, 15) is 9.18 Å². The standard InChI is InChI=1S/C27H26ClFN2O/c1-4-17-7-6-8-19(22(17)5-2)15-24-27(32)31(3)25-14-11-20(28)16-23(25)26(30-24)18-9-12-21(29)13-10-18/h6-14,16,24H,4-5,15H2,1-3H3. The molecule has 1 amide bonds. The third-order valence-corrected chi connectivity index (χ3v) is 6.35. The number of benzodiazepines with no additional fused rings is 1. The molecule has 3 nitrogen and oxygen atoms in total. The molecule has 164 valence electrons. The molecular weight excluding hydrogens is 423 g/mol. The van der Waals surface area contributed by atoms with Gasteiger partial charge in [-0.1, -0.05) is 43.6 Å². The van der Waals surface area contributed by atoms with E-state index in [2.05, 4.69) is 32.0 Å². The summed E-state index contributed by atoms with van der Waals surface area (Å²) in [5.74, 6) is -0.391. The van der Waals surface area contributed by atoms with E-state index in [0.29, 0.717) is 17.2 Å². The van der Waals surface area contributed by atoms with Crippen molar-refractivity contribution in [3.8, 4) is 0 Å². The summed E-state index contributed by atoms with van der Waals surface area (Å²) in [4.78, 5) is 20.1. The van der Waals surface area contributed by atoms with Crippen LogP contribution < -0.4 is 4.90 Å². The largest absolute Gasteiger partial charge is 0.313 e. The highest BCUT2D eigenvalue weighted by Crippen LogP contribution is 2.31. The van der Waals surface area contributed by atoms with Crippen LogP contribution in [0.2, 0.25) is 5.02 Å². The van der Waals surface area contributed by atoms with Gasteiger partial charge in [0.05, 0.1) is 11.4 Å². The number of anilines is 1. The summed E-state index contributed by atoms with van der Waals surface area (Å²) in [6, 6.07) is 17.3. The fourth-order valence-corrected chi connectivity index (χ4v) is 4.63. The topological polar surface area (TPSA) is 32.7 Å². The summed E-state index contributed by atoms with van der Waals surface area (Å²) >= 11 is 6.31. The van der Waals surface area contributed by atoms with Crippen molar-refractivity contribution in [3.05, 3.63) is 99.3 Å². The molecule has 0 fully saturated rings. The zero-order valence-corrected chi connectivity index (χ0v) is 19.3. The number of hydrogen-bond donors (Lipinski definition) is 0. The second-order valence-corrected chi connectivity index (χ2v) is 8.46. The summed E-state index contributed by atoms with van der Waals surface area (Å²) in [5, 5.41) is 0.557. The lowest BCUT2D eigenvalue weighted by Gasteiger charge is -2.21. The smallest absolute Gasteiger partial charge is 0.251 e. The molecule has 0 saturated heterocycles. The number of likely N-dealkylation sites (N-methyl/N-ethyl adjacent to an activating group) is 1. The van der Waals surface area contributed by atoms with Gasteiger partial charge < -0.3 is 4.90 Å². The van der Waals surface area contributed by atoms with Crippen LogP contribution >= 0.6 is 11.6 Å². The van der Waals surface area contributed by atoms with Crippen molar-refractivity contribution in [2.45, 2.75) is 39.2 Å². The van der Waals surface area contributed by atoms with Gasteiger partial charge in [0.25, 0.3) is 5.91 Å². The Hall–Kier alpha value is -2.98. The van der Waals surface area contributed by atoms with E-state index in [1.807, 2.05) is 12.1 Å². The summed E-state index contributed by atoms with van der Waals surface area (Å²) in [6.07, 6.45) is 2.36. The minimum Gasteiger partial charge on any atom is -0.313 e. The number of carbonyl (C=O) groups is 1. The van der Waals surface area contributed by atoms with Gasteiger partial charge in [-0.25, -0.2) is 4.39 Å². The van der Waals surface area contributed by atoms with Crippen molar-refractivity contribution in [3.63, 3.8) is 0 Å². The van der Waals surface area contributed by atoms with Gasteiger partial charge in [-0.2, -0.15) is 0 Å². The summed E-state index contributed by atoms with van der Waals surface area (Å²) in [6.45, 7) is 4.29. The van der Waals surface area contributed by atoms with Crippen LogP contribution in [0.5, 0.6) is 0 Å². The number of carbonyl (C=O) groups excluding carboxylic acids is 1. The van der Waals surface area contributed by atoms with Gasteiger partial charge in [-0.15, -0.1) is 0 Å². The van der Waals surface area contributed by atoms with E-state index in [0.717, 1.165) is 35.2 Å². The summed E-state index contributed by atoms with van der Waals surface area (Å²) in [7, 11) is 1.77. The van der Waals surface area contributed by atoms with Gasteiger partial charge in [-0.05, 0) is 72.0 Å². The Morgan fingerprint density at radius 3 is 2.41 bits per heavy atom. The Morgan fingerprint density at radius 1 is 1.00 bits per heavy atom. The van der Waals surface area contributed by atoms with Crippen molar-refractivity contribution >= 4 is 28.9 Å². The van der Waals surface area contributed by atoms with Gasteiger partial charge in [0.1, 0.15) is 11.9 Å². The highest BCUT2D eigenvalue weighted by Gasteiger charge is 2.31.